The van der Waals surface area contributed by atoms with Crippen LogP contribution in [-0.4, -0.2) is 46.5 Å². The summed E-state index contributed by atoms with van der Waals surface area (Å²) in [6, 6.07) is 11.4. The lowest BCUT2D eigenvalue weighted by Gasteiger charge is -2.15. The molecule has 0 aromatic heterocycles. The van der Waals surface area contributed by atoms with Crippen molar-refractivity contribution in [1.29, 1.82) is 5.26 Å². The van der Waals surface area contributed by atoms with Gasteiger partial charge in [-0.2, -0.15) is 5.26 Å². The molecule has 0 radical (unpaired) electrons. The Morgan fingerprint density at radius 2 is 1.69 bits per heavy atom. The second-order valence-electron chi connectivity index (χ2n) is 7.37. The Balaban J connectivity index is 1.81. The van der Waals surface area contributed by atoms with E-state index in [0.29, 0.717) is 41.4 Å². The number of carbonyl (C=O) groups excluding carboxylic acids is 1. The number of aryl methyl sites for hydroxylation is 1. The SMILES string of the molecule is COc1cc(C)c(S(=O)(=O)Nc2ccc(/C=C(\C#N)C(=O)N3CCCC3)cc2)cc1OC. The summed E-state index contributed by atoms with van der Waals surface area (Å²) in [5.74, 6) is 0.473. The number of benzene rings is 2. The van der Waals surface area contributed by atoms with Crippen LogP contribution in [0.25, 0.3) is 6.08 Å². The third-order valence-corrected chi connectivity index (χ3v) is 6.71. The van der Waals surface area contributed by atoms with Crippen molar-refractivity contribution in [1.82, 2.24) is 4.90 Å². The van der Waals surface area contributed by atoms with Gasteiger partial charge in [-0.1, -0.05) is 12.1 Å². The molecular formula is C23H25N3O5S. The van der Waals surface area contributed by atoms with Crippen molar-refractivity contribution >= 4 is 27.7 Å². The molecule has 0 bridgehead atoms. The molecule has 8 nitrogen and oxygen atoms in total. The Morgan fingerprint density at radius 1 is 1.09 bits per heavy atom. The van der Waals surface area contributed by atoms with Gasteiger partial charge in [0.05, 0.1) is 19.1 Å². The topological polar surface area (TPSA) is 109 Å². The summed E-state index contributed by atoms with van der Waals surface area (Å²) >= 11 is 0. The number of likely N-dealkylation sites (tertiary alicyclic amines) is 1. The highest BCUT2D eigenvalue weighted by Crippen LogP contribution is 2.33. The molecule has 2 aromatic rings. The number of anilines is 1. The van der Waals surface area contributed by atoms with Crippen LogP contribution in [0.3, 0.4) is 0 Å². The predicted octanol–water partition coefficient (Wildman–Crippen LogP) is 3.34. The van der Waals surface area contributed by atoms with Crippen molar-refractivity contribution in [3.63, 3.8) is 0 Å². The van der Waals surface area contributed by atoms with Gasteiger partial charge in [0.15, 0.2) is 11.5 Å². The first-order chi connectivity index (χ1) is 15.3. The molecule has 1 aliphatic rings. The van der Waals surface area contributed by atoms with E-state index in [1.54, 1.807) is 42.2 Å². The summed E-state index contributed by atoms with van der Waals surface area (Å²) in [6.45, 7) is 2.99. The number of ether oxygens (including phenoxy) is 2. The van der Waals surface area contributed by atoms with Gasteiger partial charge in [-0.25, -0.2) is 8.42 Å². The van der Waals surface area contributed by atoms with E-state index in [-0.39, 0.29) is 16.4 Å². The van der Waals surface area contributed by atoms with Gasteiger partial charge in [0.25, 0.3) is 15.9 Å². The maximum absolute atomic E-state index is 12.9. The van der Waals surface area contributed by atoms with Crippen molar-refractivity contribution in [2.45, 2.75) is 24.7 Å². The van der Waals surface area contributed by atoms with E-state index in [1.165, 1.54) is 26.4 Å². The van der Waals surface area contributed by atoms with Crippen LogP contribution >= 0.6 is 0 Å². The third-order valence-electron chi connectivity index (χ3n) is 5.19. The Kier molecular flexibility index (Phi) is 7.05. The molecule has 1 heterocycles. The summed E-state index contributed by atoms with van der Waals surface area (Å²) in [4.78, 5) is 14.2. The number of amides is 1. The van der Waals surface area contributed by atoms with Crippen molar-refractivity contribution in [2.24, 2.45) is 0 Å². The summed E-state index contributed by atoms with van der Waals surface area (Å²) < 4.78 is 38.8. The molecule has 168 valence electrons. The number of rotatable bonds is 7. The summed E-state index contributed by atoms with van der Waals surface area (Å²) in [5.41, 5.74) is 1.54. The molecule has 0 aliphatic carbocycles. The molecule has 32 heavy (non-hydrogen) atoms. The predicted molar refractivity (Wildman–Crippen MR) is 121 cm³/mol. The molecule has 1 amide bonds. The largest absolute Gasteiger partial charge is 0.493 e. The average molecular weight is 456 g/mol. The van der Waals surface area contributed by atoms with Crippen molar-refractivity contribution in [3.05, 3.63) is 53.1 Å². The molecule has 9 heteroatoms. The summed E-state index contributed by atoms with van der Waals surface area (Å²) in [5, 5.41) is 9.38. The maximum atomic E-state index is 12.9. The van der Waals surface area contributed by atoms with Crippen LogP contribution in [0, 0.1) is 18.3 Å². The van der Waals surface area contributed by atoms with Gasteiger partial charge in [-0.05, 0) is 55.2 Å². The van der Waals surface area contributed by atoms with E-state index in [2.05, 4.69) is 4.72 Å². The van der Waals surface area contributed by atoms with Gasteiger partial charge in [0.2, 0.25) is 0 Å². The van der Waals surface area contributed by atoms with Gasteiger partial charge < -0.3 is 14.4 Å². The first-order valence-corrected chi connectivity index (χ1v) is 11.5. The highest BCUT2D eigenvalue weighted by Gasteiger charge is 2.22. The molecule has 2 aromatic carbocycles. The maximum Gasteiger partial charge on any atom is 0.264 e. The zero-order chi connectivity index (χ0) is 23.3. The minimum absolute atomic E-state index is 0.0567. The lowest BCUT2D eigenvalue weighted by atomic mass is 10.1. The van der Waals surface area contributed by atoms with E-state index in [4.69, 9.17) is 9.47 Å². The van der Waals surface area contributed by atoms with Crippen molar-refractivity contribution in [3.8, 4) is 17.6 Å². The van der Waals surface area contributed by atoms with Crippen LogP contribution < -0.4 is 14.2 Å². The molecule has 0 atom stereocenters. The molecule has 1 saturated heterocycles. The van der Waals surface area contributed by atoms with Crippen molar-refractivity contribution in [2.75, 3.05) is 32.0 Å². The highest BCUT2D eigenvalue weighted by molar-refractivity contribution is 7.92. The van der Waals surface area contributed by atoms with E-state index >= 15 is 0 Å². The minimum atomic E-state index is -3.88. The molecule has 1 fully saturated rings. The Labute approximate surface area is 188 Å². The fourth-order valence-corrected chi connectivity index (χ4v) is 4.81. The third kappa shape index (κ3) is 5.03. The first-order valence-electron chi connectivity index (χ1n) is 10.1. The number of methoxy groups -OCH3 is 2. The summed E-state index contributed by atoms with van der Waals surface area (Å²) in [6.07, 6.45) is 3.40. The number of sulfonamides is 1. The van der Waals surface area contributed by atoms with E-state index < -0.39 is 10.0 Å². The normalized spacial score (nSPS) is 14.1. The molecular weight excluding hydrogens is 430 g/mol. The van der Waals surface area contributed by atoms with Crippen LogP contribution in [0.5, 0.6) is 11.5 Å². The van der Waals surface area contributed by atoms with Gasteiger partial charge >= 0.3 is 0 Å². The van der Waals surface area contributed by atoms with Crippen LogP contribution in [-0.2, 0) is 14.8 Å². The molecule has 0 unspecified atom stereocenters. The van der Waals surface area contributed by atoms with Crippen LogP contribution in [0.2, 0.25) is 0 Å². The fraction of sp³-hybridized carbons (Fsp3) is 0.304. The van der Waals surface area contributed by atoms with Crippen LogP contribution in [0.15, 0.2) is 46.9 Å². The van der Waals surface area contributed by atoms with Crippen LogP contribution in [0.4, 0.5) is 5.69 Å². The number of nitrogens with one attached hydrogen (secondary N) is 1. The molecule has 1 N–H and O–H groups in total. The molecule has 1 aliphatic heterocycles. The van der Waals surface area contributed by atoms with E-state index in [0.717, 1.165) is 12.8 Å². The zero-order valence-electron chi connectivity index (χ0n) is 18.2. The lowest BCUT2D eigenvalue weighted by Crippen LogP contribution is -2.28. The number of hydrogen-bond acceptors (Lipinski definition) is 6. The molecule has 0 saturated carbocycles. The second kappa shape index (κ2) is 9.75. The fourth-order valence-electron chi connectivity index (χ4n) is 3.51. The smallest absolute Gasteiger partial charge is 0.264 e. The van der Waals surface area contributed by atoms with Gasteiger partial charge in [-0.15, -0.1) is 0 Å². The quantitative estimate of drug-likeness (QED) is 0.507. The average Bonchev–Trinajstić information content (AvgIpc) is 3.32. The molecule has 0 spiro atoms. The molecule has 3 rings (SSSR count). The monoisotopic (exact) mass is 455 g/mol. The lowest BCUT2D eigenvalue weighted by molar-refractivity contribution is -0.125. The Bertz CT molecular complexity index is 1180. The van der Waals surface area contributed by atoms with Crippen molar-refractivity contribution < 1.29 is 22.7 Å². The zero-order valence-corrected chi connectivity index (χ0v) is 19.0. The number of nitrogens with zero attached hydrogens (tertiary/aromatic N) is 2. The minimum Gasteiger partial charge on any atom is -0.493 e. The van der Waals surface area contributed by atoms with Gasteiger partial charge in [0, 0.05) is 24.8 Å². The standard InChI is InChI=1S/C23H25N3O5S/c1-16-12-20(30-2)21(31-3)14-22(16)32(28,29)25-19-8-6-17(7-9-19)13-18(15-24)23(27)26-10-4-5-11-26/h6-9,12-14,25H,4-5,10-11H2,1-3H3/b18-13+. The highest BCUT2D eigenvalue weighted by atomic mass is 32.2. The first kappa shape index (κ1) is 23.2. The van der Waals surface area contributed by atoms with Gasteiger partial charge in [-0.3, -0.25) is 9.52 Å². The van der Waals surface area contributed by atoms with Gasteiger partial charge in [0.1, 0.15) is 11.6 Å². The second-order valence-corrected chi connectivity index (χ2v) is 9.02. The Hall–Kier alpha value is -3.51. The number of hydrogen-bond donors (Lipinski definition) is 1. The van der Waals surface area contributed by atoms with Crippen LogP contribution in [0.1, 0.15) is 24.0 Å². The Morgan fingerprint density at radius 3 is 2.25 bits per heavy atom. The number of carbonyl (C=O) groups is 1. The summed E-state index contributed by atoms with van der Waals surface area (Å²) in [7, 11) is -0.961. The van der Waals surface area contributed by atoms with E-state index in [1.807, 2.05) is 6.07 Å². The number of nitriles is 1. The van der Waals surface area contributed by atoms with E-state index in [9.17, 15) is 18.5 Å².